The largest absolute Gasteiger partial charge is 0.497 e. The van der Waals surface area contributed by atoms with E-state index in [0.717, 1.165) is 0 Å². The number of ether oxygens (including phenoxy) is 4. The van der Waals surface area contributed by atoms with Gasteiger partial charge >= 0.3 is 0 Å². The molecule has 0 aromatic heterocycles. The van der Waals surface area contributed by atoms with Crippen LogP contribution in [0.4, 0.5) is 0 Å². The zero-order chi connectivity index (χ0) is 23.3. The van der Waals surface area contributed by atoms with Crippen LogP contribution in [-0.2, 0) is 9.84 Å². The highest BCUT2D eigenvalue weighted by molar-refractivity contribution is 7.91. The van der Waals surface area contributed by atoms with Crippen molar-refractivity contribution in [3.8, 4) is 34.5 Å². The summed E-state index contributed by atoms with van der Waals surface area (Å²) in [5.74, 6) is 2.62. The SMILES string of the molecule is COc1ccc(Oc2cccc(S(=O)(=O)c3ccccc3)c2Oc2ccc(OC)cc2)cc1. The molecule has 168 valence electrons. The molecule has 0 spiro atoms. The number of rotatable bonds is 8. The van der Waals surface area contributed by atoms with E-state index in [4.69, 9.17) is 18.9 Å². The Morgan fingerprint density at radius 2 is 1.06 bits per heavy atom. The molecule has 6 nitrogen and oxygen atoms in total. The molecule has 0 fully saturated rings. The summed E-state index contributed by atoms with van der Waals surface area (Å²) in [6.07, 6.45) is 0. The number of sulfone groups is 1. The van der Waals surface area contributed by atoms with Gasteiger partial charge in [0.25, 0.3) is 0 Å². The van der Waals surface area contributed by atoms with Crippen molar-refractivity contribution in [3.05, 3.63) is 97.1 Å². The average Bonchev–Trinajstić information content (AvgIpc) is 2.86. The Kier molecular flexibility index (Phi) is 6.51. The lowest BCUT2D eigenvalue weighted by Gasteiger charge is -2.17. The van der Waals surface area contributed by atoms with Crippen LogP contribution in [0.3, 0.4) is 0 Å². The minimum atomic E-state index is -3.88. The van der Waals surface area contributed by atoms with Crippen LogP contribution in [0, 0.1) is 0 Å². The molecule has 33 heavy (non-hydrogen) atoms. The first-order valence-electron chi connectivity index (χ1n) is 10.1. The fourth-order valence-electron chi connectivity index (χ4n) is 3.15. The van der Waals surface area contributed by atoms with Crippen LogP contribution in [0.2, 0.25) is 0 Å². The Morgan fingerprint density at radius 3 is 1.61 bits per heavy atom. The predicted octanol–water partition coefficient (Wildman–Crippen LogP) is 6.12. The lowest BCUT2D eigenvalue weighted by Crippen LogP contribution is -2.05. The highest BCUT2D eigenvalue weighted by Crippen LogP contribution is 2.42. The zero-order valence-corrected chi connectivity index (χ0v) is 18.9. The van der Waals surface area contributed by atoms with Crippen LogP contribution in [0.5, 0.6) is 34.5 Å². The average molecular weight is 463 g/mol. The van der Waals surface area contributed by atoms with Gasteiger partial charge in [-0.1, -0.05) is 24.3 Å². The lowest BCUT2D eigenvalue weighted by molar-refractivity contribution is 0.400. The maximum Gasteiger partial charge on any atom is 0.210 e. The summed E-state index contributed by atoms with van der Waals surface area (Å²) in [7, 11) is -0.732. The molecule has 0 amide bonds. The number of hydrogen-bond donors (Lipinski definition) is 0. The van der Waals surface area contributed by atoms with Gasteiger partial charge in [-0.2, -0.15) is 0 Å². The normalized spacial score (nSPS) is 11.0. The van der Waals surface area contributed by atoms with E-state index >= 15 is 0 Å². The molecule has 0 aliphatic heterocycles. The molecule has 0 N–H and O–H groups in total. The van der Waals surface area contributed by atoms with E-state index < -0.39 is 9.84 Å². The Hall–Kier alpha value is -3.97. The van der Waals surface area contributed by atoms with E-state index in [1.54, 1.807) is 105 Å². The zero-order valence-electron chi connectivity index (χ0n) is 18.1. The first-order chi connectivity index (χ1) is 16.0. The van der Waals surface area contributed by atoms with Crippen LogP contribution in [0.1, 0.15) is 0 Å². The molecule has 0 saturated carbocycles. The molecule has 4 rings (SSSR count). The van der Waals surface area contributed by atoms with E-state index in [9.17, 15) is 8.42 Å². The monoisotopic (exact) mass is 462 g/mol. The van der Waals surface area contributed by atoms with Crippen molar-refractivity contribution in [3.63, 3.8) is 0 Å². The molecular weight excluding hydrogens is 440 g/mol. The van der Waals surface area contributed by atoms with Gasteiger partial charge in [0.15, 0.2) is 11.5 Å². The Balaban J connectivity index is 1.80. The fraction of sp³-hybridized carbons (Fsp3) is 0.0769. The summed E-state index contributed by atoms with van der Waals surface area (Å²) < 4.78 is 49.4. The van der Waals surface area contributed by atoms with Gasteiger partial charge in [-0.25, -0.2) is 8.42 Å². The molecular formula is C26H22O6S. The standard InChI is InChI=1S/C26H22O6S/c1-29-19-11-15-21(16-12-19)31-24-9-6-10-25(33(27,28)23-7-4-3-5-8-23)26(24)32-22-17-13-20(30-2)14-18-22/h3-18H,1-2H3. The molecule has 0 unspecified atom stereocenters. The van der Waals surface area contributed by atoms with Crippen LogP contribution in [0.25, 0.3) is 0 Å². The number of para-hydroxylation sites is 1. The minimum absolute atomic E-state index is 0.00414. The van der Waals surface area contributed by atoms with Gasteiger partial charge in [0, 0.05) is 0 Å². The molecule has 0 bridgehead atoms. The van der Waals surface area contributed by atoms with Crippen LogP contribution < -0.4 is 18.9 Å². The van der Waals surface area contributed by atoms with E-state index in [-0.39, 0.29) is 21.3 Å². The Morgan fingerprint density at radius 1 is 0.545 bits per heavy atom. The number of methoxy groups -OCH3 is 2. The molecule has 0 aliphatic rings. The van der Waals surface area contributed by atoms with Crippen molar-refractivity contribution in [1.29, 1.82) is 0 Å². The second kappa shape index (κ2) is 9.67. The first kappa shape index (κ1) is 22.2. The third-order valence-electron chi connectivity index (χ3n) is 4.85. The van der Waals surface area contributed by atoms with E-state index in [1.807, 2.05) is 0 Å². The molecule has 7 heteroatoms. The summed E-state index contributed by atoms with van der Waals surface area (Å²) in [5.41, 5.74) is 0. The summed E-state index contributed by atoms with van der Waals surface area (Å²) in [5, 5.41) is 0. The van der Waals surface area contributed by atoms with E-state index in [1.165, 1.54) is 6.07 Å². The molecule has 4 aromatic carbocycles. The highest BCUT2D eigenvalue weighted by atomic mass is 32.2. The van der Waals surface area contributed by atoms with Gasteiger partial charge < -0.3 is 18.9 Å². The molecule has 0 heterocycles. The van der Waals surface area contributed by atoms with Gasteiger partial charge in [-0.3, -0.25) is 0 Å². The second-order valence-corrected chi connectivity index (χ2v) is 8.87. The van der Waals surface area contributed by atoms with Gasteiger partial charge in [-0.15, -0.1) is 0 Å². The van der Waals surface area contributed by atoms with Crippen molar-refractivity contribution in [2.75, 3.05) is 14.2 Å². The molecule has 0 saturated heterocycles. The third kappa shape index (κ3) is 4.94. The Bertz CT molecular complexity index is 1320. The van der Waals surface area contributed by atoms with Crippen molar-refractivity contribution in [2.24, 2.45) is 0 Å². The maximum atomic E-state index is 13.5. The Labute approximate surface area is 192 Å². The van der Waals surface area contributed by atoms with Gasteiger partial charge in [0.2, 0.25) is 9.84 Å². The van der Waals surface area contributed by atoms with Crippen molar-refractivity contribution >= 4 is 9.84 Å². The lowest BCUT2D eigenvalue weighted by atomic mass is 10.3. The van der Waals surface area contributed by atoms with Crippen LogP contribution in [0.15, 0.2) is 107 Å². The third-order valence-corrected chi connectivity index (χ3v) is 6.65. The summed E-state index contributed by atoms with van der Waals surface area (Å²) in [6, 6.07) is 26.8. The van der Waals surface area contributed by atoms with E-state index in [2.05, 4.69) is 0 Å². The maximum absolute atomic E-state index is 13.5. The van der Waals surface area contributed by atoms with E-state index in [0.29, 0.717) is 23.0 Å². The summed E-state index contributed by atoms with van der Waals surface area (Å²) in [6.45, 7) is 0. The van der Waals surface area contributed by atoms with Gasteiger partial charge in [0.1, 0.15) is 27.9 Å². The van der Waals surface area contributed by atoms with Crippen molar-refractivity contribution in [1.82, 2.24) is 0 Å². The molecule has 0 atom stereocenters. The minimum Gasteiger partial charge on any atom is -0.497 e. The predicted molar refractivity (Wildman–Crippen MR) is 124 cm³/mol. The van der Waals surface area contributed by atoms with Crippen LogP contribution in [-0.4, -0.2) is 22.6 Å². The van der Waals surface area contributed by atoms with Crippen LogP contribution >= 0.6 is 0 Å². The van der Waals surface area contributed by atoms with Crippen molar-refractivity contribution < 1.29 is 27.4 Å². The molecule has 0 aliphatic carbocycles. The smallest absolute Gasteiger partial charge is 0.210 e. The highest BCUT2D eigenvalue weighted by Gasteiger charge is 2.26. The molecule has 4 aromatic rings. The van der Waals surface area contributed by atoms with Crippen molar-refractivity contribution in [2.45, 2.75) is 9.79 Å². The summed E-state index contributed by atoms with van der Waals surface area (Å²) in [4.78, 5) is 0.154. The molecule has 0 radical (unpaired) electrons. The number of benzene rings is 4. The topological polar surface area (TPSA) is 71.1 Å². The second-order valence-electron chi connectivity index (χ2n) is 6.96. The van der Waals surface area contributed by atoms with Gasteiger partial charge in [0.05, 0.1) is 19.1 Å². The fourth-order valence-corrected chi connectivity index (χ4v) is 4.56. The summed E-state index contributed by atoms with van der Waals surface area (Å²) >= 11 is 0. The first-order valence-corrected chi connectivity index (χ1v) is 11.6. The van der Waals surface area contributed by atoms with Gasteiger partial charge in [-0.05, 0) is 72.8 Å². The number of hydrogen-bond acceptors (Lipinski definition) is 6. The quantitative estimate of drug-likeness (QED) is 0.314.